The minimum absolute atomic E-state index is 0. The van der Waals surface area contributed by atoms with Crippen molar-refractivity contribution in [1.29, 1.82) is 0 Å². The Labute approximate surface area is 796 Å². The van der Waals surface area contributed by atoms with Crippen molar-refractivity contribution >= 4 is 78.9 Å². The van der Waals surface area contributed by atoms with E-state index in [0.717, 1.165) is 157 Å². The van der Waals surface area contributed by atoms with Gasteiger partial charge >= 0.3 is 60.1 Å². The van der Waals surface area contributed by atoms with Crippen LogP contribution in [0.5, 0.6) is 0 Å². The summed E-state index contributed by atoms with van der Waals surface area (Å²) in [7, 11) is 0. The molecule has 3 saturated heterocycles. The molecule has 5 aromatic carbocycles. The third kappa shape index (κ3) is 17.5. The molecule has 8 N–H and O–H groups in total. The molecule has 0 unspecified atom stereocenters. The summed E-state index contributed by atoms with van der Waals surface area (Å²) in [5.74, 6) is -1.22. The number of carboxylic acid groups (broad SMARTS) is 2. The molecule has 40 heteroatoms. The van der Waals surface area contributed by atoms with E-state index >= 15 is 0 Å². The summed E-state index contributed by atoms with van der Waals surface area (Å²) in [6.45, 7) is 19.9. The number of imidazole rings is 2. The van der Waals surface area contributed by atoms with Crippen LogP contribution >= 0.6 is 28.3 Å². The summed E-state index contributed by atoms with van der Waals surface area (Å²) in [5, 5.41) is 46.9. The van der Waals surface area contributed by atoms with E-state index in [1.807, 2.05) is 48.7 Å². The van der Waals surface area contributed by atoms with Crippen LogP contribution in [-0.2, 0) is 76.2 Å². The molecule has 0 radical (unpaired) electrons. The van der Waals surface area contributed by atoms with Crippen LogP contribution in [0.15, 0.2) is 164 Å². The van der Waals surface area contributed by atoms with Crippen LogP contribution in [0.4, 0.5) is 8.78 Å². The molecule has 135 heavy (non-hydrogen) atoms. The standard InChI is InChI=1S/C37H37FN8O5.C20H21N3O5.C17H18FN5O.C15H12BrN3O4.C5H9O.CH3.ClH.Zn/c1-20-14-26(15-21(2)31(20)38)46-32(44-11-9-39-35(44)48)27-19-43(10-6-28(27)41-46)33(47)30-17-25-16-24(23-7-12-50-13-8-23)4-5-29(25)45(30)37(18-22(37)3)34-40-36(49)51-42-34;1-11-10-20(11,18-21-19(26)28-22-18)23-15-3-2-13(12-4-6-27-7-5-12)8-14(15)9-16(23)17(24)25;1-10-7-12(8-11(2)15(10)18)23-16(22-6-5-20-17(22)24)13-9-19-4-3-14(13)21-23;1-7-6-15(7,13-17-14(22)23-18-13)19-10-3-2-9(16)4-8(10)5-11(19)12(20)21;1-2-4-6-5-3-1;;;/h4-5,9,11,14-17,22-23H,6-8,10,12-13,18-19H2,1-3H3,(H,39,48)(H,40,42,49);2-3,8-9,11-12H,4-7,10H2,1H3,(H,24,25)(H,21,22,26);5-8,19H,3-4,9H2,1-2H3,(H,20,24);2-5,7H,6H2,1H3,(H,20,21)(H,17,18,22);1H,2-5H2;1H3;1H;/q;;;;2*-1;;+2/t22-,37-;11-,20-;;7-,15-;;;;/m00.0..../s1. The predicted octanol–water partition coefficient (Wildman–Crippen LogP) is 13.5. The summed E-state index contributed by atoms with van der Waals surface area (Å²) in [4.78, 5) is 114. The van der Waals surface area contributed by atoms with Crippen molar-refractivity contribution < 1.29 is 80.6 Å². The minimum atomic E-state index is -1.03. The van der Waals surface area contributed by atoms with E-state index in [2.05, 4.69) is 110 Å². The Kier molecular flexibility index (Phi) is 27.2. The van der Waals surface area contributed by atoms with E-state index < -0.39 is 45.8 Å². The summed E-state index contributed by atoms with van der Waals surface area (Å²) in [6, 6.07) is 30.3. The molecular formula is C95H101BrClF2N19O16Zn. The number of aromatic nitrogens is 17. The Bertz CT molecular complexity index is 7280. The van der Waals surface area contributed by atoms with Gasteiger partial charge in [-0.2, -0.15) is 23.0 Å². The third-order valence-corrected chi connectivity index (χ3v) is 27.7. The van der Waals surface area contributed by atoms with E-state index in [4.69, 9.17) is 33.5 Å². The first kappa shape index (κ1) is 95.6. The van der Waals surface area contributed by atoms with Crippen molar-refractivity contribution in [3.05, 3.63) is 295 Å². The number of aromatic carboxylic acids is 2. The van der Waals surface area contributed by atoms with Crippen molar-refractivity contribution in [1.82, 2.24) is 93.0 Å². The maximum Gasteiger partial charge on any atom is 2.00 e. The van der Waals surface area contributed by atoms with Crippen LogP contribution in [0, 0.1) is 70.9 Å². The van der Waals surface area contributed by atoms with Gasteiger partial charge in [-0.3, -0.25) is 42.4 Å². The molecule has 10 aromatic heterocycles. The van der Waals surface area contributed by atoms with Gasteiger partial charge in [0, 0.05) is 145 Å². The van der Waals surface area contributed by atoms with Gasteiger partial charge in [0.2, 0.25) is 0 Å². The van der Waals surface area contributed by atoms with Gasteiger partial charge in [-0.15, -0.1) is 12.4 Å². The van der Waals surface area contributed by atoms with Crippen molar-refractivity contribution in [2.45, 2.75) is 161 Å². The number of nitrogens with one attached hydrogen (secondary N) is 6. The van der Waals surface area contributed by atoms with Gasteiger partial charge in [-0.25, -0.2) is 51.7 Å². The molecule has 3 saturated carbocycles. The quantitative estimate of drug-likeness (QED) is 0.0349. The van der Waals surface area contributed by atoms with E-state index in [1.165, 1.54) is 15.7 Å². The number of benzene rings is 5. The van der Waals surface area contributed by atoms with Crippen LogP contribution in [0.2, 0.25) is 0 Å². The Balaban J connectivity index is 0.000000134. The fourth-order valence-corrected chi connectivity index (χ4v) is 20.6. The number of hydrogen-bond acceptors (Lipinski definition) is 20. The zero-order valence-electron chi connectivity index (χ0n) is 75.5. The monoisotopic (exact) mass is 1980 g/mol. The number of carbonyl (C=O) groups is 3. The number of carboxylic acids is 2. The first-order valence-electron chi connectivity index (χ1n) is 44.3. The number of H-pyrrole nitrogens is 5. The number of ether oxygens (including phenoxy) is 3. The largest absolute Gasteiger partial charge is 2.00 e. The number of carbonyl (C=O) groups excluding carboxylic acids is 1. The normalized spacial score (nSPS) is 20.5. The first-order chi connectivity index (χ1) is 63.6. The van der Waals surface area contributed by atoms with Crippen LogP contribution in [0.3, 0.4) is 0 Å². The van der Waals surface area contributed by atoms with Crippen molar-refractivity contribution in [2.75, 3.05) is 52.7 Å². The Morgan fingerprint density at radius 2 is 0.904 bits per heavy atom. The van der Waals surface area contributed by atoms with Crippen molar-refractivity contribution in [3.8, 4) is 23.0 Å². The van der Waals surface area contributed by atoms with E-state index in [0.29, 0.717) is 113 Å². The topological polar surface area (TPSA) is 437 Å². The SMILES string of the molecule is C[C@H]1C[C@]1(c1noc(=O)[nH]1)n1c(C(=O)O)cc2cc(Br)ccc21.C[C@H]1C[C@]1(c1noc(=O)[nH]1)n1c(C(=O)O)cc2cc(C3CCOCC3)ccc21.Cc1cc(-n2nc3c(c2-n2cc[nH]c2=O)CN(C(=O)c2cc4cc(C5CCOCC5)ccc4n2[C@@]2(c4noc(=O)[nH]4)C[C@@H]2C)CC3)cc(C)c1F.Cc1cc(-n2nc3c(c2-n2cc[nH]c2=O)CNCC3)cc(C)c1F.Cl.[CH-]1CCOCC1.[CH3-].[Zn+2]. The molecule has 1 amide bonds. The second kappa shape index (κ2) is 38.3. The number of hydrogen-bond donors (Lipinski definition) is 8. The van der Waals surface area contributed by atoms with Gasteiger partial charge in [0.25, 0.3) is 5.91 Å². The maximum atomic E-state index is 14.9. The van der Waals surface area contributed by atoms with Gasteiger partial charge in [0.05, 0.1) is 29.3 Å². The maximum absolute atomic E-state index is 14.9. The summed E-state index contributed by atoms with van der Waals surface area (Å²) < 4.78 is 72.0. The van der Waals surface area contributed by atoms with E-state index in [9.17, 15) is 57.4 Å². The summed E-state index contributed by atoms with van der Waals surface area (Å²) in [6.07, 6.45) is 18.1. The zero-order valence-corrected chi connectivity index (χ0v) is 80.9. The fraction of sp³-hybridized carbons (Fsp3) is 0.379. The van der Waals surface area contributed by atoms with E-state index in [-0.39, 0.29) is 104 Å². The van der Waals surface area contributed by atoms with Crippen LogP contribution in [0.1, 0.15) is 195 Å². The van der Waals surface area contributed by atoms with Crippen LogP contribution in [-0.4, -0.2) is 168 Å². The molecule has 3 aliphatic carbocycles. The van der Waals surface area contributed by atoms with Crippen molar-refractivity contribution in [2.24, 2.45) is 17.8 Å². The van der Waals surface area contributed by atoms with Gasteiger partial charge in [0.1, 0.15) is 57.0 Å². The molecule has 0 bridgehead atoms. The first-order valence-corrected chi connectivity index (χ1v) is 45.1. The molecule has 15 heterocycles. The number of fused-ring (bicyclic) bond motifs is 5. The molecule has 0 spiro atoms. The van der Waals surface area contributed by atoms with Gasteiger partial charge in [-0.1, -0.05) is 64.3 Å². The van der Waals surface area contributed by atoms with Gasteiger partial charge in [-0.05, 0) is 221 Å². The van der Waals surface area contributed by atoms with E-state index in [1.54, 1.807) is 117 Å². The Hall–Kier alpha value is -12.5. The van der Waals surface area contributed by atoms with Crippen molar-refractivity contribution in [3.63, 3.8) is 0 Å². The second-order valence-corrected chi connectivity index (χ2v) is 36.4. The van der Waals surface area contributed by atoms with Crippen LogP contribution in [0.25, 0.3) is 55.7 Å². The number of amides is 1. The zero-order chi connectivity index (χ0) is 92.1. The molecule has 6 atom stereocenters. The molecule has 23 rings (SSSR count). The Morgan fingerprint density at radius 1 is 0.519 bits per heavy atom. The third-order valence-electron chi connectivity index (χ3n) is 27.2. The van der Waals surface area contributed by atoms with Crippen LogP contribution < -0.4 is 34.0 Å². The smallest absolute Gasteiger partial charge is 0.477 e. The molecular weight excluding hydrogens is 1880 g/mol. The molecule has 8 aliphatic rings. The number of aromatic amines is 5. The molecule has 15 aromatic rings. The minimum Gasteiger partial charge on any atom is -0.477 e. The van der Waals surface area contributed by atoms with Gasteiger partial charge in [0.15, 0.2) is 17.5 Å². The predicted molar refractivity (Wildman–Crippen MR) is 495 cm³/mol. The number of nitrogens with zero attached hydrogens (tertiary/aromatic N) is 13. The number of rotatable bonds is 15. The number of halogens is 4. The Morgan fingerprint density at radius 3 is 1.27 bits per heavy atom. The molecule has 6 fully saturated rings. The average Bonchev–Trinajstić information content (AvgIpc) is 1.54. The summed E-state index contributed by atoms with van der Waals surface area (Å²) >= 11 is 3.40. The second-order valence-electron chi connectivity index (χ2n) is 35.5. The fourth-order valence-electron chi connectivity index (χ4n) is 20.2. The molecule has 702 valence electrons. The number of aryl methyl sites for hydroxylation is 4. The van der Waals surface area contributed by atoms with Gasteiger partial charge < -0.3 is 72.2 Å². The molecule has 5 aliphatic heterocycles. The molecule has 35 nitrogen and oxygen atoms in total. The summed E-state index contributed by atoms with van der Waals surface area (Å²) in [5.41, 5.74) is 9.83. The average molecular weight is 1980 g/mol.